The lowest BCUT2D eigenvalue weighted by Crippen LogP contribution is -2.50. The van der Waals surface area contributed by atoms with Crippen molar-refractivity contribution in [2.24, 2.45) is 0 Å². The second kappa shape index (κ2) is 8.06. The van der Waals surface area contributed by atoms with Crippen LogP contribution in [0.2, 0.25) is 0 Å². The van der Waals surface area contributed by atoms with Crippen molar-refractivity contribution in [1.29, 1.82) is 5.26 Å². The maximum Gasteiger partial charge on any atom is 0.407 e. The molecule has 0 aromatic heterocycles. The topological polar surface area (TPSA) is 99.5 Å². The number of piperidine rings is 1. The van der Waals surface area contributed by atoms with E-state index in [9.17, 15) is 13.2 Å². The summed E-state index contributed by atoms with van der Waals surface area (Å²) in [5.74, 6) is -0.127. The van der Waals surface area contributed by atoms with Crippen LogP contribution in [0.15, 0.2) is 24.3 Å². The van der Waals surface area contributed by atoms with Crippen molar-refractivity contribution >= 4 is 16.1 Å². The van der Waals surface area contributed by atoms with Crippen LogP contribution in [0.3, 0.4) is 0 Å². The summed E-state index contributed by atoms with van der Waals surface area (Å²) in [6, 6.07) is 8.25. The average Bonchev–Trinajstić information content (AvgIpc) is 2.53. The van der Waals surface area contributed by atoms with Gasteiger partial charge in [-0.1, -0.05) is 12.1 Å². The number of nitrogens with zero attached hydrogens (tertiary/aromatic N) is 2. The highest BCUT2D eigenvalue weighted by Gasteiger charge is 2.30. The normalized spacial score (nSPS) is 18.8. The molecule has 1 aliphatic heterocycles. The average molecular weight is 379 g/mol. The minimum Gasteiger partial charge on any atom is -0.444 e. The summed E-state index contributed by atoms with van der Waals surface area (Å²) < 4.78 is 32.0. The van der Waals surface area contributed by atoms with Gasteiger partial charge in [-0.25, -0.2) is 13.2 Å². The number of sulfonamides is 1. The van der Waals surface area contributed by atoms with E-state index in [1.807, 2.05) is 6.07 Å². The van der Waals surface area contributed by atoms with E-state index in [2.05, 4.69) is 5.32 Å². The molecule has 1 aliphatic rings. The molecule has 1 amide bonds. The fourth-order valence-electron chi connectivity index (χ4n) is 2.76. The van der Waals surface area contributed by atoms with Gasteiger partial charge in [-0.3, -0.25) is 0 Å². The van der Waals surface area contributed by atoms with E-state index in [-0.39, 0.29) is 18.3 Å². The van der Waals surface area contributed by atoms with Gasteiger partial charge in [0, 0.05) is 19.1 Å². The number of hydrogen-bond donors (Lipinski definition) is 1. The molecule has 2 rings (SSSR count). The molecule has 142 valence electrons. The molecule has 1 atom stereocenters. The summed E-state index contributed by atoms with van der Waals surface area (Å²) in [7, 11) is -3.50. The Morgan fingerprint density at radius 2 is 2.00 bits per heavy atom. The van der Waals surface area contributed by atoms with E-state index in [1.54, 1.807) is 45.0 Å². The Morgan fingerprint density at radius 1 is 1.35 bits per heavy atom. The molecule has 8 heteroatoms. The van der Waals surface area contributed by atoms with Crippen LogP contribution in [0.4, 0.5) is 4.79 Å². The molecule has 1 heterocycles. The number of carbonyl (C=O) groups is 1. The summed E-state index contributed by atoms with van der Waals surface area (Å²) in [6.45, 7) is 6.01. The third-order valence-electron chi connectivity index (χ3n) is 3.93. The maximum atomic E-state index is 12.7. The zero-order chi connectivity index (χ0) is 19.4. The molecule has 0 saturated carbocycles. The van der Waals surface area contributed by atoms with Crippen LogP contribution in [0.5, 0.6) is 0 Å². The third-order valence-corrected chi connectivity index (χ3v) is 5.75. The van der Waals surface area contributed by atoms with Crippen molar-refractivity contribution in [3.8, 4) is 6.07 Å². The van der Waals surface area contributed by atoms with Crippen LogP contribution >= 0.6 is 0 Å². The molecule has 1 aromatic carbocycles. The van der Waals surface area contributed by atoms with E-state index in [4.69, 9.17) is 10.00 Å². The van der Waals surface area contributed by atoms with Crippen molar-refractivity contribution in [1.82, 2.24) is 9.62 Å². The minimum atomic E-state index is -3.50. The van der Waals surface area contributed by atoms with Gasteiger partial charge in [-0.05, 0) is 51.3 Å². The van der Waals surface area contributed by atoms with Crippen molar-refractivity contribution in [3.63, 3.8) is 0 Å². The molecule has 26 heavy (non-hydrogen) atoms. The lowest BCUT2D eigenvalue weighted by Gasteiger charge is -2.32. The van der Waals surface area contributed by atoms with Crippen LogP contribution in [-0.4, -0.2) is 43.5 Å². The van der Waals surface area contributed by atoms with Crippen molar-refractivity contribution in [3.05, 3.63) is 35.4 Å². The van der Waals surface area contributed by atoms with Crippen LogP contribution in [0.1, 0.15) is 44.7 Å². The number of nitrogens with one attached hydrogen (secondary N) is 1. The lowest BCUT2D eigenvalue weighted by molar-refractivity contribution is 0.0487. The first-order chi connectivity index (χ1) is 12.1. The number of carbonyl (C=O) groups excluding carboxylic acids is 1. The summed E-state index contributed by atoms with van der Waals surface area (Å²) >= 11 is 0. The SMILES string of the molecule is CC(C)(C)OC(=O)NC1CCCN(S(=O)(=O)Cc2ccc(C#N)cc2)C1. The van der Waals surface area contributed by atoms with E-state index in [1.165, 1.54) is 4.31 Å². The standard InChI is InChI=1S/C18H25N3O4S/c1-18(2,3)25-17(22)20-16-5-4-10-21(12-16)26(23,24)13-15-8-6-14(11-19)7-9-15/h6-9,16H,4-5,10,12-13H2,1-3H3,(H,20,22). The Labute approximate surface area is 155 Å². The van der Waals surface area contributed by atoms with Gasteiger partial charge in [0.05, 0.1) is 17.4 Å². The largest absolute Gasteiger partial charge is 0.444 e. The number of amides is 1. The number of hydrogen-bond acceptors (Lipinski definition) is 5. The van der Waals surface area contributed by atoms with Gasteiger partial charge in [0.25, 0.3) is 0 Å². The van der Waals surface area contributed by atoms with Crippen LogP contribution in [-0.2, 0) is 20.5 Å². The molecule has 0 spiro atoms. The molecule has 0 aliphatic carbocycles. The monoisotopic (exact) mass is 379 g/mol. The highest BCUT2D eigenvalue weighted by atomic mass is 32.2. The van der Waals surface area contributed by atoms with Gasteiger partial charge in [0.1, 0.15) is 5.60 Å². The predicted octanol–water partition coefficient (Wildman–Crippen LogP) is 2.38. The first-order valence-corrected chi connectivity index (χ1v) is 10.2. The Kier molecular flexibility index (Phi) is 6.26. The van der Waals surface area contributed by atoms with Gasteiger partial charge in [-0.2, -0.15) is 9.57 Å². The quantitative estimate of drug-likeness (QED) is 0.866. The van der Waals surface area contributed by atoms with E-state index in [0.717, 1.165) is 0 Å². The molecule has 1 saturated heterocycles. The number of nitriles is 1. The Bertz CT molecular complexity index is 776. The molecular formula is C18H25N3O4S. The van der Waals surface area contributed by atoms with Crippen LogP contribution in [0.25, 0.3) is 0 Å². The molecule has 7 nitrogen and oxygen atoms in total. The Hall–Kier alpha value is -2.11. The van der Waals surface area contributed by atoms with Gasteiger partial charge in [0.2, 0.25) is 10.0 Å². The summed E-state index contributed by atoms with van der Waals surface area (Å²) in [5.41, 5.74) is 0.525. The summed E-state index contributed by atoms with van der Waals surface area (Å²) in [5, 5.41) is 11.6. The molecule has 1 N–H and O–H groups in total. The fraction of sp³-hybridized carbons (Fsp3) is 0.556. The maximum absolute atomic E-state index is 12.7. The molecule has 0 radical (unpaired) electrons. The van der Waals surface area contributed by atoms with Gasteiger partial charge in [-0.15, -0.1) is 0 Å². The van der Waals surface area contributed by atoms with E-state index >= 15 is 0 Å². The zero-order valence-corrected chi connectivity index (χ0v) is 16.2. The van der Waals surface area contributed by atoms with Crippen molar-refractivity contribution in [2.45, 2.75) is 51.0 Å². The molecule has 1 aromatic rings. The van der Waals surface area contributed by atoms with Crippen molar-refractivity contribution in [2.75, 3.05) is 13.1 Å². The summed E-state index contributed by atoms with van der Waals surface area (Å²) in [4.78, 5) is 11.9. The fourth-order valence-corrected chi connectivity index (χ4v) is 4.38. The number of rotatable bonds is 4. The Balaban J connectivity index is 1.98. The highest BCUT2D eigenvalue weighted by Crippen LogP contribution is 2.18. The number of ether oxygens (including phenoxy) is 1. The van der Waals surface area contributed by atoms with Crippen LogP contribution in [0, 0.1) is 11.3 Å². The second-order valence-corrected chi connectivity index (χ2v) is 9.38. The molecule has 1 unspecified atom stereocenters. The zero-order valence-electron chi connectivity index (χ0n) is 15.4. The van der Waals surface area contributed by atoms with E-state index < -0.39 is 21.7 Å². The lowest BCUT2D eigenvalue weighted by atomic mass is 10.1. The van der Waals surface area contributed by atoms with Gasteiger partial charge < -0.3 is 10.1 Å². The third kappa shape index (κ3) is 6.00. The van der Waals surface area contributed by atoms with Crippen LogP contribution < -0.4 is 5.32 Å². The minimum absolute atomic E-state index is 0.127. The first kappa shape index (κ1) is 20.2. The first-order valence-electron chi connectivity index (χ1n) is 8.55. The highest BCUT2D eigenvalue weighted by molar-refractivity contribution is 7.88. The summed E-state index contributed by atoms with van der Waals surface area (Å²) in [6.07, 6.45) is 0.851. The molecular weight excluding hydrogens is 354 g/mol. The van der Waals surface area contributed by atoms with Gasteiger partial charge >= 0.3 is 6.09 Å². The van der Waals surface area contributed by atoms with Gasteiger partial charge in [0.15, 0.2) is 0 Å². The molecule has 0 bridgehead atoms. The smallest absolute Gasteiger partial charge is 0.407 e. The molecule has 1 fully saturated rings. The second-order valence-electron chi connectivity index (χ2n) is 7.41. The number of benzene rings is 1. The number of alkyl carbamates (subject to hydrolysis) is 1. The van der Waals surface area contributed by atoms with E-state index in [0.29, 0.717) is 30.5 Å². The Morgan fingerprint density at radius 3 is 2.58 bits per heavy atom. The van der Waals surface area contributed by atoms with Crippen molar-refractivity contribution < 1.29 is 17.9 Å². The predicted molar refractivity (Wildman–Crippen MR) is 97.7 cm³/mol.